The maximum Gasteiger partial charge on any atom is 0.409 e. The smallest absolute Gasteiger partial charge is 0.241 e. The molecule has 1 rings (SSSR count). The Hall–Kier alpha value is -1.56. The zero-order valence-corrected chi connectivity index (χ0v) is 7.04. The van der Waals surface area contributed by atoms with Crippen molar-refractivity contribution in [2.75, 3.05) is 0 Å². The van der Waals surface area contributed by atoms with E-state index in [4.69, 9.17) is 5.53 Å². The molecule has 0 radical (unpaired) electrons. The summed E-state index contributed by atoms with van der Waals surface area (Å²) in [5.74, 6) is -1.86. The minimum Gasteiger partial charge on any atom is -0.241 e. The predicted molar refractivity (Wildman–Crippen MR) is 41.2 cm³/mol. The highest BCUT2D eigenvalue weighted by Crippen LogP contribution is 2.46. The highest BCUT2D eigenvalue weighted by Gasteiger charge is 2.63. The van der Waals surface area contributed by atoms with Gasteiger partial charge in [-0.15, -0.1) is 0 Å². The summed E-state index contributed by atoms with van der Waals surface area (Å²) in [4.78, 5) is 1.85. The minimum atomic E-state index is -5.33. The van der Waals surface area contributed by atoms with Gasteiger partial charge in [-0.05, 0) is 17.7 Å². The van der Waals surface area contributed by atoms with Gasteiger partial charge in [0.1, 0.15) is 12.0 Å². The molecule has 1 aliphatic rings. The number of nitrogens with zero attached hydrogens (tertiary/aromatic N) is 3. The second-order valence-corrected chi connectivity index (χ2v) is 2.75. The fourth-order valence-corrected chi connectivity index (χ4v) is 1.16. The van der Waals surface area contributed by atoms with Crippen molar-refractivity contribution in [1.82, 2.24) is 0 Å². The predicted octanol–water partition coefficient (Wildman–Crippen LogP) is 3.36. The third kappa shape index (κ3) is 1.56. The summed E-state index contributed by atoms with van der Waals surface area (Å²) < 4.78 is 63.5. The van der Waals surface area contributed by atoms with Crippen LogP contribution in [-0.4, -0.2) is 17.9 Å². The lowest BCUT2D eigenvalue weighted by molar-refractivity contribution is -0.190. The molecule has 0 aromatic carbocycles. The van der Waals surface area contributed by atoms with E-state index in [9.17, 15) is 22.0 Å². The molecule has 0 unspecified atom stereocenters. The molecule has 0 spiro atoms. The fraction of sp³-hybridized carbons (Fsp3) is 0.429. The molecule has 82 valence electrons. The summed E-state index contributed by atoms with van der Waals surface area (Å²) in [5.41, 5.74) is 4.19. The first-order valence-corrected chi connectivity index (χ1v) is 3.68. The normalized spacial score (nSPS) is 30.7. The summed E-state index contributed by atoms with van der Waals surface area (Å²) >= 11 is 0. The lowest BCUT2D eigenvalue weighted by Crippen LogP contribution is -2.51. The van der Waals surface area contributed by atoms with Crippen molar-refractivity contribution in [3.8, 4) is 0 Å². The molecule has 3 nitrogen and oxygen atoms in total. The molecule has 0 saturated carbocycles. The van der Waals surface area contributed by atoms with Gasteiger partial charge in [-0.3, -0.25) is 0 Å². The van der Waals surface area contributed by atoms with Crippen LogP contribution in [-0.2, 0) is 0 Å². The molecule has 1 aliphatic carbocycles. The number of allylic oxidation sites excluding steroid dienone is 2. The van der Waals surface area contributed by atoms with E-state index in [-0.39, 0.29) is 0 Å². The number of rotatable bonds is 1. The third-order valence-corrected chi connectivity index (χ3v) is 1.92. The Morgan fingerprint density at radius 3 is 2.47 bits per heavy atom. The van der Waals surface area contributed by atoms with Gasteiger partial charge in [-0.25, -0.2) is 8.78 Å². The van der Waals surface area contributed by atoms with Crippen LogP contribution in [0.1, 0.15) is 0 Å². The second-order valence-electron chi connectivity index (χ2n) is 2.75. The number of azide groups is 1. The van der Waals surface area contributed by atoms with E-state index in [1.54, 1.807) is 0 Å². The van der Waals surface area contributed by atoms with Crippen LogP contribution in [0.4, 0.5) is 22.0 Å². The van der Waals surface area contributed by atoms with Gasteiger partial charge in [0, 0.05) is 4.91 Å². The first-order valence-electron chi connectivity index (χ1n) is 3.68. The summed E-state index contributed by atoms with van der Waals surface area (Å²) in [5, 5.41) is 2.23. The second kappa shape index (κ2) is 3.54. The molecule has 0 aliphatic heterocycles. The highest BCUT2D eigenvalue weighted by atomic mass is 19.4. The third-order valence-electron chi connectivity index (χ3n) is 1.92. The van der Waals surface area contributed by atoms with Crippen molar-refractivity contribution >= 4 is 0 Å². The van der Waals surface area contributed by atoms with Gasteiger partial charge in [0.2, 0.25) is 5.54 Å². The van der Waals surface area contributed by atoms with Gasteiger partial charge in [-0.1, -0.05) is 11.2 Å². The fourth-order valence-electron chi connectivity index (χ4n) is 1.16. The SMILES string of the molecule is [N-]=[N+]=N[C@]1(C(F)(F)F)C(F)=CC=C[C@@H]1F. The van der Waals surface area contributed by atoms with Crippen molar-refractivity contribution in [2.24, 2.45) is 5.11 Å². The van der Waals surface area contributed by atoms with E-state index in [2.05, 4.69) is 5.11 Å². The lowest BCUT2D eigenvalue weighted by atomic mass is 9.88. The van der Waals surface area contributed by atoms with Crippen LogP contribution in [0.3, 0.4) is 0 Å². The maximum absolute atomic E-state index is 13.1. The van der Waals surface area contributed by atoms with Crippen molar-refractivity contribution in [2.45, 2.75) is 17.9 Å². The standard InChI is InChI=1S/C7H4F5N3/c8-4-2-1-3-5(9)6(4,14-15-13)7(10,11)12/h1-4H/t4-,6-/m0/s1. The molecule has 0 aromatic heterocycles. The molecular formula is C7H4F5N3. The molecule has 0 saturated heterocycles. The molecule has 2 atom stereocenters. The average molecular weight is 225 g/mol. The Balaban J connectivity index is 3.40. The molecule has 8 heteroatoms. The van der Waals surface area contributed by atoms with E-state index in [1.165, 1.54) is 0 Å². The molecule has 0 fully saturated rings. The number of hydrogen-bond acceptors (Lipinski definition) is 1. The lowest BCUT2D eigenvalue weighted by Gasteiger charge is -2.32. The van der Waals surface area contributed by atoms with E-state index >= 15 is 0 Å². The summed E-state index contributed by atoms with van der Waals surface area (Å²) in [7, 11) is 0. The van der Waals surface area contributed by atoms with Crippen molar-refractivity contribution < 1.29 is 22.0 Å². The van der Waals surface area contributed by atoms with Gasteiger partial charge < -0.3 is 0 Å². The first kappa shape index (κ1) is 11.5. The van der Waals surface area contributed by atoms with E-state index in [0.717, 1.165) is 6.08 Å². The van der Waals surface area contributed by atoms with Crippen LogP contribution in [0.25, 0.3) is 10.4 Å². The zero-order chi connectivity index (χ0) is 11.7. The number of halogens is 5. The van der Waals surface area contributed by atoms with Crippen LogP contribution >= 0.6 is 0 Å². The Labute approximate surface area is 80.5 Å². The van der Waals surface area contributed by atoms with E-state index in [0.29, 0.717) is 12.2 Å². The van der Waals surface area contributed by atoms with Gasteiger partial charge in [0.15, 0.2) is 0 Å². The number of hydrogen-bond donors (Lipinski definition) is 0. The van der Waals surface area contributed by atoms with Gasteiger partial charge >= 0.3 is 6.18 Å². The Kier molecular flexibility index (Phi) is 2.72. The van der Waals surface area contributed by atoms with Gasteiger partial charge in [0.25, 0.3) is 0 Å². The Bertz CT molecular complexity index is 365. The topological polar surface area (TPSA) is 48.8 Å². The number of alkyl halides is 4. The summed E-state index contributed by atoms with van der Waals surface area (Å²) in [6.07, 6.45) is -6.41. The highest BCUT2D eigenvalue weighted by molar-refractivity contribution is 5.33. The van der Waals surface area contributed by atoms with E-state index < -0.39 is 23.7 Å². The molecule has 0 N–H and O–H groups in total. The average Bonchev–Trinajstić information content (AvgIpc) is 2.09. The van der Waals surface area contributed by atoms with Crippen molar-refractivity contribution in [3.05, 3.63) is 34.5 Å². The van der Waals surface area contributed by atoms with Crippen LogP contribution in [0.15, 0.2) is 29.2 Å². The van der Waals surface area contributed by atoms with Crippen molar-refractivity contribution in [3.63, 3.8) is 0 Å². The molecule has 0 heterocycles. The van der Waals surface area contributed by atoms with Crippen LogP contribution in [0.2, 0.25) is 0 Å². The minimum absolute atomic E-state index is 0.415. The molecule has 15 heavy (non-hydrogen) atoms. The van der Waals surface area contributed by atoms with Crippen LogP contribution in [0.5, 0.6) is 0 Å². The molecular weight excluding hydrogens is 221 g/mol. The zero-order valence-electron chi connectivity index (χ0n) is 7.04. The van der Waals surface area contributed by atoms with Gasteiger partial charge in [-0.2, -0.15) is 13.2 Å². The monoisotopic (exact) mass is 225 g/mol. The molecule has 0 bridgehead atoms. The van der Waals surface area contributed by atoms with Crippen molar-refractivity contribution in [1.29, 1.82) is 0 Å². The summed E-state index contributed by atoms with van der Waals surface area (Å²) in [6, 6.07) is 0. The quantitative estimate of drug-likeness (QED) is 0.284. The Morgan fingerprint density at radius 2 is 2.07 bits per heavy atom. The van der Waals surface area contributed by atoms with Crippen LogP contribution in [0, 0.1) is 0 Å². The first-order chi connectivity index (χ1) is 6.86. The van der Waals surface area contributed by atoms with Gasteiger partial charge in [0.05, 0.1) is 0 Å². The van der Waals surface area contributed by atoms with E-state index in [1.807, 2.05) is 4.91 Å². The molecule has 0 amide bonds. The maximum atomic E-state index is 13.1. The van der Waals surface area contributed by atoms with Crippen LogP contribution < -0.4 is 0 Å². The summed E-state index contributed by atoms with van der Waals surface area (Å²) in [6.45, 7) is 0. The Morgan fingerprint density at radius 1 is 1.47 bits per heavy atom. The molecule has 0 aromatic rings. The largest absolute Gasteiger partial charge is 0.409 e.